The zero-order chi connectivity index (χ0) is 20.9. The zero-order valence-corrected chi connectivity index (χ0v) is 20.9. The number of nitrogens with one attached hydrogen (secondary N) is 1. The van der Waals surface area contributed by atoms with E-state index in [9.17, 15) is 4.79 Å². The molecule has 0 radical (unpaired) electrons. The van der Waals surface area contributed by atoms with Crippen LogP contribution in [0.5, 0.6) is 0 Å². The van der Waals surface area contributed by atoms with Crippen LogP contribution in [0.25, 0.3) is 10.8 Å². The molecule has 1 atom stereocenters. The summed E-state index contributed by atoms with van der Waals surface area (Å²) in [6, 6.07) is 15.0. The van der Waals surface area contributed by atoms with Crippen LogP contribution in [0.15, 0.2) is 47.5 Å². The molecule has 0 aliphatic carbocycles. The van der Waals surface area contributed by atoms with Crippen LogP contribution < -0.4 is 5.32 Å². The number of amides is 1. The Balaban J connectivity index is 0.00000272. The number of halogens is 1. The maximum absolute atomic E-state index is 12.7. The molecule has 1 N–H and O–H groups in total. The Labute approximate surface area is 202 Å². The third-order valence-electron chi connectivity index (χ3n) is 6.41. The molecular weight excluding hydrogens is 501 g/mol. The number of hydrogen-bond donors (Lipinski definition) is 1. The van der Waals surface area contributed by atoms with Crippen LogP contribution in [-0.4, -0.2) is 78.9 Å². The van der Waals surface area contributed by atoms with Gasteiger partial charge in [0, 0.05) is 52.9 Å². The number of aliphatic imine (C=N–C) groups is 1. The standard InChI is InChI=1S/C24H33N5O.HI/c1-19(23(30)28-11-5-6-12-28)27-13-15-29(16-14-27)24(25-2)26-18-20-9-10-21-7-3-4-8-22(21)17-20;/h3-4,7-10,17,19H,5-6,11-16,18H2,1-2H3,(H,25,26);1H. The van der Waals surface area contributed by atoms with Gasteiger partial charge in [0.15, 0.2) is 5.96 Å². The van der Waals surface area contributed by atoms with E-state index in [4.69, 9.17) is 0 Å². The number of rotatable bonds is 4. The van der Waals surface area contributed by atoms with Gasteiger partial charge in [-0.3, -0.25) is 14.7 Å². The molecule has 7 heteroatoms. The molecule has 2 aromatic carbocycles. The Kier molecular flexibility index (Phi) is 8.54. The van der Waals surface area contributed by atoms with Gasteiger partial charge >= 0.3 is 0 Å². The molecule has 168 valence electrons. The van der Waals surface area contributed by atoms with Crippen LogP contribution in [0.4, 0.5) is 0 Å². The molecule has 6 nitrogen and oxygen atoms in total. The lowest BCUT2D eigenvalue weighted by Crippen LogP contribution is -2.57. The fourth-order valence-electron chi connectivity index (χ4n) is 4.54. The van der Waals surface area contributed by atoms with E-state index < -0.39 is 0 Å². The molecule has 31 heavy (non-hydrogen) atoms. The van der Waals surface area contributed by atoms with Gasteiger partial charge in [0.05, 0.1) is 6.04 Å². The quantitative estimate of drug-likeness (QED) is 0.372. The molecule has 2 aliphatic heterocycles. The summed E-state index contributed by atoms with van der Waals surface area (Å²) < 4.78 is 0. The van der Waals surface area contributed by atoms with E-state index in [-0.39, 0.29) is 30.0 Å². The van der Waals surface area contributed by atoms with Crippen molar-refractivity contribution in [3.05, 3.63) is 48.0 Å². The highest BCUT2D eigenvalue weighted by Crippen LogP contribution is 2.16. The fourth-order valence-corrected chi connectivity index (χ4v) is 4.54. The number of carbonyl (C=O) groups is 1. The average molecular weight is 535 g/mol. The molecule has 1 unspecified atom stereocenters. The minimum Gasteiger partial charge on any atom is -0.352 e. The fraction of sp³-hybridized carbons (Fsp3) is 0.500. The summed E-state index contributed by atoms with van der Waals surface area (Å²) >= 11 is 0. The predicted molar refractivity (Wildman–Crippen MR) is 138 cm³/mol. The van der Waals surface area contributed by atoms with Gasteiger partial charge in [0.2, 0.25) is 5.91 Å². The largest absolute Gasteiger partial charge is 0.352 e. The minimum atomic E-state index is -0.0298. The summed E-state index contributed by atoms with van der Waals surface area (Å²) in [4.78, 5) is 23.8. The molecular formula is C24H34IN5O. The lowest BCUT2D eigenvalue weighted by atomic mass is 10.1. The lowest BCUT2D eigenvalue weighted by molar-refractivity contribution is -0.135. The Bertz CT molecular complexity index is 904. The third-order valence-corrected chi connectivity index (χ3v) is 6.41. The first-order valence-corrected chi connectivity index (χ1v) is 11.1. The second kappa shape index (κ2) is 11.1. The van der Waals surface area contributed by atoms with Crippen molar-refractivity contribution in [1.82, 2.24) is 20.0 Å². The van der Waals surface area contributed by atoms with E-state index in [0.29, 0.717) is 5.91 Å². The normalized spacial score (nSPS) is 18.7. The Morgan fingerprint density at radius 1 is 0.968 bits per heavy atom. The van der Waals surface area contributed by atoms with Crippen LogP contribution in [-0.2, 0) is 11.3 Å². The molecule has 2 fully saturated rings. The van der Waals surface area contributed by atoms with Crippen molar-refractivity contribution in [2.45, 2.75) is 32.4 Å². The van der Waals surface area contributed by atoms with Crippen molar-refractivity contribution in [1.29, 1.82) is 0 Å². The first-order chi connectivity index (χ1) is 14.7. The second-order valence-corrected chi connectivity index (χ2v) is 8.31. The highest BCUT2D eigenvalue weighted by molar-refractivity contribution is 14.0. The molecule has 0 aromatic heterocycles. The van der Waals surface area contributed by atoms with Crippen molar-refractivity contribution >= 4 is 46.6 Å². The van der Waals surface area contributed by atoms with Gasteiger partial charge in [-0.05, 0) is 42.2 Å². The van der Waals surface area contributed by atoms with Crippen LogP contribution in [0.2, 0.25) is 0 Å². The number of benzene rings is 2. The summed E-state index contributed by atoms with van der Waals surface area (Å²) in [5.41, 5.74) is 1.25. The first kappa shape index (κ1) is 23.8. The smallest absolute Gasteiger partial charge is 0.239 e. The van der Waals surface area contributed by atoms with E-state index in [1.165, 1.54) is 16.3 Å². The highest BCUT2D eigenvalue weighted by Gasteiger charge is 2.30. The molecule has 0 spiro atoms. The summed E-state index contributed by atoms with van der Waals surface area (Å²) in [5.74, 6) is 1.22. The van der Waals surface area contributed by atoms with Crippen molar-refractivity contribution in [2.24, 2.45) is 4.99 Å². The SMILES string of the molecule is CN=C(NCc1ccc2ccccc2c1)N1CCN(C(C)C(=O)N2CCCC2)CC1.I. The minimum absolute atomic E-state index is 0. The molecule has 2 aliphatic rings. The van der Waals surface area contributed by atoms with Gasteiger partial charge in [0.1, 0.15) is 0 Å². The number of likely N-dealkylation sites (tertiary alicyclic amines) is 1. The number of piperazine rings is 1. The van der Waals surface area contributed by atoms with Crippen LogP contribution in [0.1, 0.15) is 25.3 Å². The summed E-state index contributed by atoms with van der Waals surface area (Å²) in [5, 5.41) is 6.04. The van der Waals surface area contributed by atoms with Crippen LogP contribution in [0.3, 0.4) is 0 Å². The van der Waals surface area contributed by atoms with E-state index >= 15 is 0 Å². The summed E-state index contributed by atoms with van der Waals surface area (Å²) in [6.07, 6.45) is 2.29. The Morgan fingerprint density at radius 3 is 2.32 bits per heavy atom. The molecule has 0 bridgehead atoms. The van der Waals surface area contributed by atoms with Gasteiger partial charge in [-0.2, -0.15) is 0 Å². The number of hydrogen-bond acceptors (Lipinski definition) is 3. The van der Waals surface area contributed by atoms with E-state index in [1.54, 1.807) is 0 Å². The zero-order valence-electron chi connectivity index (χ0n) is 18.6. The number of guanidine groups is 1. The predicted octanol–water partition coefficient (Wildman–Crippen LogP) is 3.16. The van der Waals surface area contributed by atoms with Gasteiger partial charge in [-0.25, -0.2) is 0 Å². The average Bonchev–Trinajstić information content (AvgIpc) is 3.34. The second-order valence-electron chi connectivity index (χ2n) is 8.31. The van der Waals surface area contributed by atoms with E-state index in [2.05, 4.69) is 69.5 Å². The Hall–Kier alpha value is -1.87. The highest BCUT2D eigenvalue weighted by atomic mass is 127. The molecule has 2 saturated heterocycles. The maximum Gasteiger partial charge on any atom is 0.239 e. The van der Waals surface area contributed by atoms with Gasteiger partial charge in [0.25, 0.3) is 0 Å². The van der Waals surface area contributed by atoms with E-state index in [0.717, 1.165) is 64.6 Å². The topological polar surface area (TPSA) is 51.2 Å². The van der Waals surface area contributed by atoms with E-state index in [1.807, 2.05) is 11.9 Å². The van der Waals surface area contributed by atoms with Gasteiger partial charge in [-0.1, -0.05) is 36.4 Å². The number of fused-ring (bicyclic) bond motifs is 1. The van der Waals surface area contributed by atoms with Crippen molar-refractivity contribution in [3.8, 4) is 0 Å². The van der Waals surface area contributed by atoms with Crippen molar-refractivity contribution in [2.75, 3.05) is 46.3 Å². The van der Waals surface area contributed by atoms with Crippen molar-refractivity contribution in [3.63, 3.8) is 0 Å². The van der Waals surface area contributed by atoms with Crippen molar-refractivity contribution < 1.29 is 4.79 Å². The van der Waals surface area contributed by atoms with Gasteiger partial charge < -0.3 is 15.1 Å². The van der Waals surface area contributed by atoms with Crippen LogP contribution >= 0.6 is 24.0 Å². The monoisotopic (exact) mass is 535 g/mol. The van der Waals surface area contributed by atoms with Gasteiger partial charge in [-0.15, -0.1) is 24.0 Å². The first-order valence-electron chi connectivity index (χ1n) is 11.1. The molecule has 0 saturated carbocycles. The third kappa shape index (κ3) is 5.68. The maximum atomic E-state index is 12.7. The number of carbonyl (C=O) groups excluding carboxylic acids is 1. The van der Waals surface area contributed by atoms with Crippen LogP contribution in [0, 0.1) is 0 Å². The Morgan fingerprint density at radius 2 is 1.65 bits per heavy atom. The molecule has 1 amide bonds. The summed E-state index contributed by atoms with van der Waals surface area (Å²) in [7, 11) is 1.84. The molecule has 4 rings (SSSR count). The molecule has 2 aromatic rings. The lowest BCUT2D eigenvalue weighted by Gasteiger charge is -2.39. The summed E-state index contributed by atoms with van der Waals surface area (Å²) in [6.45, 7) is 8.20. The molecule has 2 heterocycles. The number of nitrogens with zero attached hydrogens (tertiary/aromatic N) is 4.